The highest BCUT2D eigenvalue weighted by atomic mass is 35.5. The fourth-order valence-electron chi connectivity index (χ4n) is 4.42. The fourth-order valence-corrected chi connectivity index (χ4v) is 4.64. The highest BCUT2D eigenvalue weighted by molar-refractivity contribution is 6.31. The molecule has 0 radical (unpaired) electrons. The first kappa shape index (κ1) is 23.3. The van der Waals surface area contributed by atoms with Crippen molar-refractivity contribution in [3.63, 3.8) is 0 Å². The van der Waals surface area contributed by atoms with Crippen LogP contribution in [0.1, 0.15) is 12.5 Å². The van der Waals surface area contributed by atoms with Gasteiger partial charge >= 0.3 is 0 Å². The Morgan fingerprint density at radius 3 is 2.63 bits per heavy atom. The maximum atomic E-state index is 14.2. The third-order valence-corrected chi connectivity index (χ3v) is 6.68. The predicted molar refractivity (Wildman–Crippen MR) is 135 cm³/mol. The van der Waals surface area contributed by atoms with Gasteiger partial charge in [0.15, 0.2) is 5.65 Å². The minimum absolute atomic E-state index is 0.0107. The molecule has 1 aliphatic heterocycles. The topological polar surface area (TPSA) is 65.8 Å². The molecule has 9 heteroatoms. The van der Waals surface area contributed by atoms with E-state index in [2.05, 4.69) is 15.2 Å². The number of imidazole rings is 1. The van der Waals surface area contributed by atoms with Gasteiger partial charge in [0, 0.05) is 61.3 Å². The monoisotopic (exact) mass is 492 g/mol. The summed E-state index contributed by atoms with van der Waals surface area (Å²) < 4.78 is 16.1. The van der Waals surface area contributed by atoms with Gasteiger partial charge in [-0.3, -0.25) is 19.1 Å². The van der Waals surface area contributed by atoms with Crippen molar-refractivity contribution < 1.29 is 9.18 Å². The van der Waals surface area contributed by atoms with E-state index in [1.54, 1.807) is 24.5 Å². The Labute approximate surface area is 208 Å². The first-order valence-electron chi connectivity index (χ1n) is 11.6. The van der Waals surface area contributed by atoms with Crippen molar-refractivity contribution in [1.29, 1.82) is 0 Å². The van der Waals surface area contributed by atoms with Gasteiger partial charge in [-0.15, -0.1) is 0 Å². The number of nitrogens with zero attached hydrogens (tertiary/aromatic N) is 5. The lowest BCUT2D eigenvalue weighted by atomic mass is 10.1. The molecule has 1 saturated heterocycles. The third kappa shape index (κ3) is 4.85. The number of nitrogens with one attached hydrogen (secondary N) is 1. The molecule has 1 fully saturated rings. The van der Waals surface area contributed by atoms with Crippen molar-refractivity contribution in [2.24, 2.45) is 0 Å². The summed E-state index contributed by atoms with van der Waals surface area (Å²) in [6.45, 7) is 4.74. The predicted octanol–water partition coefficient (Wildman–Crippen LogP) is 4.33. The van der Waals surface area contributed by atoms with Gasteiger partial charge in [0.05, 0.1) is 6.20 Å². The zero-order valence-corrected chi connectivity index (χ0v) is 20.1. The van der Waals surface area contributed by atoms with Crippen LogP contribution < -0.4 is 5.32 Å². The number of carbonyl (C=O) groups is 1. The molecule has 2 aromatic carbocycles. The Balaban J connectivity index is 1.28. The Hall–Kier alpha value is -3.49. The highest BCUT2D eigenvalue weighted by Crippen LogP contribution is 2.29. The second-order valence-corrected chi connectivity index (χ2v) is 9.05. The molecule has 1 aliphatic rings. The van der Waals surface area contributed by atoms with E-state index in [1.165, 1.54) is 6.07 Å². The number of fused-ring (bicyclic) bond motifs is 1. The molecule has 5 rings (SSSR count). The van der Waals surface area contributed by atoms with Gasteiger partial charge in [-0.1, -0.05) is 48.0 Å². The summed E-state index contributed by atoms with van der Waals surface area (Å²) in [5.41, 5.74) is 2.93. The van der Waals surface area contributed by atoms with Crippen LogP contribution in [0.15, 0.2) is 67.1 Å². The molecular formula is C26H26ClFN6O. The van der Waals surface area contributed by atoms with E-state index in [9.17, 15) is 9.18 Å². The number of piperazine rings is 1. The van der Waals surface area contributed by atoms with Crippen molar-refractivity contribution >= 4 is 29.0 Å². The zero-order valence-electron chi connectivity index (χ0n) is 19.4. The molecule has 0 aliphatic carbocycles. The first-order valence-corrected chi connectivity index (χ1v) is 12.0. The van der Waals surface area contributed by atoms with Crippen LogP contribution in [0.5, 0.6) is 0 Å². The van der Waals surface area contributed by atoms with E-state index in [4.69, 9.17) is 16.6 Å². The van der Waals surface area contributed by atoms with Gasteiger partial charge in [0.2, 0.25) is 5.91 Å². The minimum atomic E-state index is -0.460. The van der Waals surface area contributed by atoms with Crippen molar-refractivity contribution in [3.8, 4) is 11.3 Å². The standard InChI is InChI=1S/C26H26ClFN6O/c1-18(26(35)33-14-12-32(13-15-33)17-20-21(27)8-5-9-22(20)28)30-25-24(19-6-3-2-4-7-19)31-23-16-29-10-11-34(23)25/h2-11,16,18,30H,12-15,17H2,1H3. The highest BCUT2D eigenvalue weighted by Gasteiger charge is 2.27. The van der Waals surface area contributed by atoms with E-state index in [1.807, 2.05) is 52.8 Å². The Bertz CT molecular complexity index is 1320. The number of benzene rings is 2. The molecular weight excluding hydrogens is 467 g/mol. The van der Waals surface area contributed by atoms with Crippen LogP contribution in [0.2, 0.25) is 5.02 Å². The van der Waals surface area contributed by atoms with E-state index in [0.717, 1.165) is 17.1 Å². The number of hydrogen-bond acceptors (Lipinski definition) is 5. The average molecular weight is 493 g/mol. The molecule has 4 aromatic rings. The molecule has 3 heterocycles. The number of carbonyl (C=O) groups excluding carboxylic acids is 1. The second kappa shape index (κ2) is 10.0. The second-order valence-electron chi connectivity index (χ2n) is 8.65. The zero-order chi connectivity index (χ0) is 24.4. The Morgan fingerprint density at radius 2 is 1.89 bits per heavy atom. The van der Waals surface area contributed by atoms with Gasteiger partial charge in [0.25, 0.3) is 0 Å². The van der Waals surface area contributed by atoms with Crippen LogP contribution in [0.4, 0.5) is 10.2 Å². The van der Waals surface area contributed by atoms with E-state index >= 15 is 0 Å². The lowest BCUT2D eigenvalue weighted by Crippen LogP contribution is -2.52. The summed E-state index contributed by atoms with van der Waals surface area (Å²) in [6, 6.07) is 14.1. The largest absolute Gasteiger partial charge is 0.358 e. The van der Waals surface area contributed by atoms with E-state index < -0.39 is 6.04 Å². The molecule has 0 bridgehead atoms. The quantitative estimate of drug-likeness (QED) is 0.434. The number of hydrogen-bond donors (Lipinski definition) is 1. The third-order valence-electron chi connectivity index (χ3n) is 6.33. The summed E-state index contributed by atoms with van der Waals surface area (Å²) in [7, 11) is 0. The Kier molecular flexibility index (Phi) is 6.66. The molecule has 180 valence electrons. The van der Waals surface area contributed by atoms with Crippen molar-refractivity contribution in [2.45, 2.75) is 19.5 Å². The van der Waals surface area contributed by atoms with E-state index in [0.29, 0.717) is 49.0 Å². The van der Waals surface area contributed by atoms with Crippen molar-refractivity contribution in [1.82, 2.24) is 24.2 Å². The molecule has 1 N–H and O–H groups in total. The minimum Gasteiger partial charge on any atom is -0.358 e. The normalized spacial score (nSPS) is 15.3. The van der Waals surface area contributed by atoms with Crippen LogP contribution in [-0.4, -0.2) is 62.3 Å². The molecule has 1 amide bonds. The lowest BCUT2D eigenvalue weighted by molar-refractivity contribution is -0.133. The number of halogens is 2. The summed E-state index contributed by atoms with van der Waals surface area (Å²) in [5.74, 6) is 0.463. The summed E-state index contributed by atoms with van der Waals surface area (Å²) >= 11 is 6.19. The molecule has 7 nitrogen and oxygen atoms in total. The van der Waals surface area contributed by atoms with Gasteiger partial charge < -0.3 is 10.2 Å². The van der Waals surface area contributed by atoms with E-state index in [-0.39, 0.29) is 11.7 Å². The SMILES string of the molecule is CC(Nc1c(-c2ccccc2)nc2cnccn12)C(=O)N1CCN(Cc2c(F)cccc2Cl)CC1. The number of anilines is 1. The van der Waals surface area contributed by atoms with Gasteiger partial charge in [-0.25, -0.2) is 9.37 Å². The molecule has 1 atom stereocenters. The summed E-state index contributed by atoms with van der Waals surface area (Å²) in [5, 5.41) is 3.83. The summed E-state index contributed by atoms with van der Waals surface area (Å²) in [6.07, 6.45) is 5.23. The molecule has 35 heavy (non-hydrogen) atoms. The van der Waals surface area contributed by atoms with Crippen LogP contribution in [0, 0.1) is 5.82 Å². The summed E-state index contributed by atoms with van der Waals surface area (Å²) in [4.78, 5) is 26.2. The maximum absolute atomic E-state index is 14.2. The van der Waals surface area contributed by atoms with Gasteiger partial charge in [-0.2, -0.15) is 0 Å². The number of amides is 1. The van der Waals surface area contributed by atoms with Crippen LogP contribution >= 0.6 is 11.6 Å². The smallest absolute Gasteiger partial charge is 0.244 e. The van der Waals surface area contributed by atoms with Crippen LogP contribution in [0.25, 0.3) is 16.9 Å². The maximum Gasteiger partial charge on any atom is 0.244 e. The van der Waals surface area contributed by atoms with Gasteiger partial charge in [0.1, 0.15) is 23.4 Å². The van der Waals surface area contributed by atoms with Crippen molar-refractivity contribution in [2.75, 3.05) is 31.5 Å². The van der Waals surface area contributed by atoms with Gasteiger partial charge in [-0.05, 0) is 19.1 Å². The average Bonchev–Trinajstić information content (AvgIpc) is 3.25. The number of aromatic nitrogens is 3. The number of rotatable bonds is 6. The van der Waals surface area contributed by atoms with Crippen LogP contribution in [-0.2, 0) is 11.3 Å². The molecule has 2 aromatic heterocycles. The molecule has 0 saturated carbocycles. The lowest BCUT2D eigenvalue weighted by Gasteiger charge is -2.36. The molecule has 0 spiro atoms. The van der Waals surface area contributed by atoms with Crippen LogP contribution in [0.3, 0.4) is 0 Å². The first-order chi connectivity index (χ1) is 17.0. The fraction of sp³-hybridized carbons (Fsp3) is 0.269. The molecule has 1 unspecified atom stereocenters. The van der Waals surface area contributed by atoms with Crippen molar-refractivity contribution in [3.05, 3.63) is 83.5 Å². The Morgan fingerprint density at radius 1 is 1.11 bits per heavy atom.